The number of methoxy groups -OCH3 is 1. The molecule has 1 atom stereocenters. The molecule has 0 fully saturated rings. The molecule has 1 amide bonds. The zero-order valence-corrected chi connectivity index (χ0v) is 12.0. The third-order valence-electron chi connectivity index (χ3n) is 2.85. The van der Waals surface area contributed by atoms with Crippen LogP contribution in [0.5, 0.6) is 5.75 Å². The van der Waals surface area contributed by atoms with Crippen molar-refractivity contribution < 1.29 is 9.53 Å². The molecular weight excluding hydrogens is 262 g/mol. The summed E-state index contributed by atoms with van der Waals surface area (Å²) in [5, 5.41) is 3.31. The Kier molecular flexibility index (Phi) is 4.01. The fourth-order valence-electron chi connectivity index (χ4n) is 1.58. The summed E-state index contributed by atoms with van der Waals surface area (Å²) in [6.07, 6.45) is 0. The van der Waals surface area contributed by atoms with Crippen LogP contribution < -0.4 is 15.8 Å². The fourth-order valence-corrected chi connectivity index (χ4v) is 2.47. The summed E-state index contributed by atoms with van der Waals surface area (Å²) in [7, 11) is 1.62. The van der Waals surface area contributed by atoms with E-state index in [1.165, 1.54) is 11.3 Å². The number of nitrogens with two attached hydrogens (primary N) is 1. The van der Waals surface area contributed by atoms with Gasteiger partial charge in [0.05, 0.1) is 23.4 Å². The van der Waals surface area contributed by atoms with Crippen LogP contribution in [0.15, 0.2) is 18.2 Å². The standard InChI is InChI=1S/C13H17N3O2S/c1-7(2)11(14)12(17)16-13-15-9-5-4-8(18-3)6-10(9)19-13/h4-7,11H,14H2,1-3H3,(H,15,16,17)/t11-/m1/s1. The first kappa shape index (κ1) is 13.8. The minimum atomic E-state index is -0.526. The molecule has 0 bridgehead atoms. The summed E-state index contributed by atoms with van der Waals surface area (Å²) in [6.45, 7) is 3.82. The zero-order valence-electron chi connectivity index (χ0n) is 11.1. The number of hydrogen-bond acceptors (Lipinski definition) is 5. The van der Waals surface area contributed by atoms with Crippen LogP contribution in [0.1, 0.15) is 13.8 Å². The average Bonchev–Trinajstić information content (AvgIpc) is 2.78. The normalized spacial score (nSPS) is 12.7. The maximum Gasteiger partial charge on any atom is 0.243 e. The summed E-state index contributed by atoms with van der Waals surface area (Å²) in [5.74, 6) is 0.656. The number of aromatic nitrogens is 1. The van der Waals surface area contributed by atoms with Crippen LogP contribution in [0.3, 0.4) is 0 Å². The van der Waals surface area contributed by atoms with Gasteiger partial charge in [0.25, 0.3) is 0 Å². The molecular formula is C13H17N3O2S. The van der Waals surface area contributed by atoms with Crippen molar-refractivity contribution in [3.8, 4) is 5.75 Å². The molecule has 3 N–H and O–H groups in total. The number of fused-ring (bicyclic) bond motifs is 1. The van der Waals surface area contributed by atoms with Gasteiger partial charge < -0.3 is 15.8 Å². The SMILES string of the molecule is COc1ccc2nc(NC(=O)[C@H](N)C(C)C)sc2c1. The Morgan fingerprint density at radius 2 is 2.21 bits per heavy atom. The molecule has 0 spiro atoms. The third kappa shape index (κ3) is 3.02. The van der Waals surface area contributed by atoms with Crippen LogP contribution in [0, 0.1) is 5.92 Å². The lowest BCUT2D eigenvalue weighted by atomic mass is 10.1. The number of rotatable bonds is 4. The lowest BCUT2D eigenvalue weighted by molar-refractivity contribution is -0.118. The van der Waals surface area contributed by atoms with Crippen LogP contribution in [0.25, 0.3) is 10.2 Å². The van der Waals surface area contributed by atoms with Gasteiger partial charge in [-0.25, -0.2) is 4.98 Å². The number of carbonyl (C=O) groups excluding carboxylic acids is 1. The van der Waals surface area contributed by atoms with Crippen molar-refractivity contribution in [1.82, 2.24) is 4.98 Å². The van der Waals surface area contributed by atoms with E-state index in [1.54, 1.807) is 7.11 Å². The molecule has 1 aromatic heterocycles. The second-order valence-corrected chi connectivity index (χ2v) is 5.64. The number of carbonyl (C=O) groups is 1. The first-order valence-electron chi connectivity index (χ1n) is 6.02. The van der Waals surface area contributed by atoms with E-state index in [0.29, 0.717) is 5.13 Å². The highest BCUT2D eigenvalue weighted by atomic mass is 32.1. The smallest absolute Gasteiger partial charge is 0.243 e. The topological polar surface area (TPSA) is 77.2 Å². The van der Waals surface area contributed by atoms with Crippen molar-refractivity contribution >= 4 is 32.6 Å². The van der Waals surface area contributed by atoms with Gasteiger partial charge in [-0.15, -0.1) is 0 Å². The van der Waals surface area contributed by atoms with Gasteiger partial charge in [0.2, 0.25) is 5.91 Å². The molecule has 0 aliphatic heterocycles. The number of thiazole rings is 1. The number of nitrogens with one attached hydrogen (secondary N) is 1. The Balaban J connectivity index is 2.20. The molecule has 6 heteroatoms. The Hall–Kier alpha value is -1.66. The molecule has 0 aliphatic rings. The number of amides is 1. The number of anilines is 1. The predicted octanol–water partition coefficient (Wildman–Crippen LogP) is 2.23. The van der Waals surface area contributed by atoms with Gasteiger partial charge >= 0.3 is 0 Å². The van der Waals surface area contributed by atoms with Gasteiger partial charge in [-0.05, 0) is 24.1 Å². The highest BCUT2D eigenvalue weighted by Gasteiger charge is 2.18. The van der Waals surface area contributed by atoms with Crippen molar-refractivity contribution in [2.75, 3.05) is 12.4 Å². The van der Waals surface area contributed by atoms with Crippen LogP contribution in [0.2, 0.25) is 0 Å². The number of hydrogen-bond donors (Lipinski definition) is 2. The number of benzene rings is 1. The Bertz CT molecular complexity index is 595. The summed E-state index contributed by atoms with van der Waals surface area (Å²) < 4.78 is 6.12. The van der Waals surface area contributed by atoms with E-state index < -0.39 is 6.04 Å². The lowest BCUT2D eigenvalue weighted by Crippen LogP contribution is -2.39. The molecule has 5 nitrogen and oxygen atoms in total. The van der Waals surface area contributed by atoms with Crippen molar-refractivity contribution in [3.63, 3.8) is 0 Å². The minimum Gasteiger partial charge on any atom is -0.497 e. The summed E-state index contributed by atoms with van der Waals surface area (Å²) >= 11 is 1.41. The van der Waals surface area contributed by atoms with E-state index in [0.717, 1.165) is 16.0 Å². The Morgan fingerprint density at radius 1 is 1.47 bits per heavy atom. The Morgan fingerprint density at radius 3 is 2.84 bits per heavy atom. The number of ether oxygens (including phenoxy) is 1. The first-order chi connectivity index (χ1) is 9.01. The van der Waals surface area contributed by atoms with Crippen LogP contribution in [-0.4, -0.2) is 24.0 Å². The largest absolute Gasteiger partial charge is 0.497 e. The maximum atomic E-state index is 11.9. The summed E-state index contributed by atoms with van der Waals surface area (Å²) in [4.78, 5) is 16.2. The number of nitrogens with zero attached hydrogens (tertiary/aromatic N) is 1. The molecule has 0 unspecified atom stereocenters. The first-order valence-corrected chi connectivity index (χ1v) is 6.84. The van der Waals surface area contributed by atoms with E-state index in [-0.39, 0.29) is 11.8 Å². The van der Waals surface area contributed by atoms with E-state index in [2.05, 4.69) is 10.3 Å². The fraction of sp³-hybridized carbons (Fsp3) is 0.385. The van der Waals surface area contributed by atoms with Crippen LogP contribution >= 0.6 is 11.3 Å². The molecule has 2 rings (SSSR count). The average molecular weight is 279 g/mol. The van der Waals surface area contributed by atoms with Gasteiger partial charge in [-0.3, -0.25) is 4.79 Å². The van der Waals surface area contributed by atoms with Gasteiger partial charge in [0.15, 0.2) is 5.13 Å². The van der Waals surface area contributed by atoms with Crippen molar-refractivity contribution in [3.05, 3.63) is 18.2 Å². The molecule has 2 aromatic rings. The van der Waals surface area contributed by atoms with E-state index >= 15 is 0 Å². The molecule has 0 aliphatic carbocycles. The van der Waals surface area contributed by atoms with Crippen molar-refractivity contribution in [1.29, 1.82) is 0 Å². The molecule has 1 heterocycles. The highest BCUT2D eigenvalue weighted by Crippen LogP contribution is 2.29. The van der Waals surface area contributed by atoms with Gasteiger partial charge in [0.1, 0.15) is 5.75 Å². The van der Waals surface area contributed by atoms with E-state index in [1.807, 2.05) is 32.0 Å². The highest BCUT2D eigenvalue weighted by molar-refractivity contribution is 7.22. The van der Waals surface area contributed by atoms with Crippen LogP contribution in [-0.2, 0) is 4.79 Å². The quantitative estimate of drug-likeness (QED) is 0.899. The molecule has 0 saturated carbocycles. The Labute approximate surface area is 115 Å². The van der Waals surface area contributed by atoms with Gasteiger partial charge in [0, 0.05) is 0 Å². The molecule has 102 valence electrons. The second kappa shape index (κ2) is 5.54. The monoisotopic (exact) mass is 279 g/mol. The minimum absolute atomic E-state index is 0.0921. The lowest BCUT2D eigenvalue weighted by Gasteiger charge is -2.13. The molecule has 19 heavy (non-hydrogen) atoms. The summed E-state index contributed by atoms with van der Waals surface area (Å²) in [6, 6.07) is 5.07. The molecule has 1 aromatic carbocycles. The zero-order chi connectivity index (χ0) is 14.0. The van der Waals surface area contributed by atoms with Gasteiger partial charge in [-0.1, -0.05) is 25.2 Å². The van der Waals surface area contributed by atoms with E-state index in [4.69, 9.17) is 10.5 Å². The maximum absolute atomic E-state index is 11.9. The second-order valence-electron chi connectivity index (χ2n) is 4.61. The molecule has 0 saturated heterocycles. The van der Waals surface area contributed by atoms with Crippen molar-refractivity contribution in [2.45, 2.75) is 19.9 Å². The predicted molar refractivity (Wildman–Crippen MR) is 77.6 cm³/mol. The van der Waals surface area contributed by atoms with E-state index in [9.17, 15) is 4.79 Å². The van der Waals surface area contributed by atoms with Crippen LogP contribution in [0.4, 0.5) is 5.13 Å². The molecule has 0 radical (unpaired) electrons. The summed E-state index contributed by atoms with van der Waals surface area (Å²) in [5.41, 5.74) is 6.63. The van der Waals surface area contributed by atoms with Crippen molar-refractivity contribution in [2.24, 2.45) is 11.7 Å². The third-order valence-corrected chi connectivity index (χ3v) is 3.78. The van der Waals surface area contributed by atoms with Gasteiger partial charge in [-0.2, -0.15) is 0 Å².